The SMILES string of the molecule is O=S(=O)(Nc1cc2c(cn1)OCCC2)c1cncc(Cl)c1. The Hall–Kier alpha value is -1.86. The number of aryl methyl sites for hydroxylation is 1. The molecule has 0 amide bonds. The molecule has 0 atom stereocenters. The van der Waals surface area contributed by atoms with Crippen molar-refractivity contribution in [2.24, 2.45) is 0 Å². The Balaban J connectivity index is 1.89. The standard InChI is InChI=1S/C13H12ClN3O3S/c14-10-5-11(7-15-6-10)21(18,19)17-13-4-9-2-1-3-20-12(9)8-16-13/h4-8H,1-3H2,(H,16,17). The molecule has 0 unspecified atom stereocenters. The zero-order chi connectivity index (χ0) is 14.9. The van der Waals surface area contributed by atoms with E-state index in [0.717, 1.165) is 18.4 Å². The number of anilines is 1. The highest BCUT2D eigenvalue weighted by molar-refractivity contribution is 7.92. The first kappa shape index (κ1) is 14.1. The fraction of sp³-hybridized carbons (Fsp3) is 0.231. The lowest BCUT2D eigenvalue weighted by atomic mass is 10.1. The third kappa shape index (κ3) is 3.08. The molecule has 0 saturated heterocycles. The number of hydrogen-bond donors (Lipinski definition) is 1. The van der Waals surface area contributed by atoms with Crippen LogP contribution in [0.2, 0.25) is 5.02 Å². The molecule has 1 N–H and O–H groups in total. The van der Waals surface area contributed by atoms with Crippen LogP contribution in [0.3, 0.4) is 0 Å². The van der Waals surface area contributed by atoms with Crippen LogP contribution in [0.15, 0.2) is 35.6 Å². The summed E-state index contributed by atoms with van der Waals surface area (Å²) in [6.45, 7) is 0.661. The Morgan fingerprint density at radius 1 is 1.24 bits per heavy atom. The maximum absolute atomic E-state index is 12.2. The molecule has 21 heavy (non-hydrogen) atoms. The molecular formula is C13H12ClN3O3S. The molecule has 0 saturated carbocycles. The third-order valence-electron chi connectivity index (χ3n) is 3.03. The minimum Gasteiger partial charge on any atom is -0.492 e. The number of nitrogens with zero attached hydrogens (tertiary/aromatic N) is 2. The molecule has 2 aromatic heterocycles. The predicted molar refractivity (Wildman–Crippen MR) is 78.1 cm³/mol. The van der Waals surface area contributed by atoms with Crippen LogP contribution in [-0.2, 0) is 16.4 Å². The van der Waals surface area contributed by atoms with E-state index >= 15 is 0 Å². The second kappa shape index (κ2) is 5.50. The first-order valence-electron chi connectivity index (χ1n) is 6.30. The summed E-state index contributed by atoms with van der Waals surface area (Å²) in [6, 6.07) is 3.02. The number of ether oxygens (including phenoxy) is 1. The Morgan fingerprint density at radius 3 is 2.90 bits per heavy atom. The van der Waals surface area contributed by atoms with Gasteiger partial charge in [-0.05, 0) is 30.5 Å². The van der Waals surface area contributed by atoms with Crippen molar-refractivity contribution in [1.29, 1.82) is 0 Å². The van der Waals surface area contributed by atoms with Gasteiger partial charge in [-0.25, -0.2) is 13.4 Å². The smallest absolute Gasteiger partial charge is 0.264 e. The molecule has 1 aliphatic heterocycles. The van der Waals surface area contributed by atoms with Gasteiger partial charge >= 0.3 is 0 Å². The van der Waals surface area contributed by atoms with Gasteiger partial charge in [0.1, 0.15) is 16.5 Å². The van der Waals surface area contributed by atoms with Gasteiger partial charge in [0.15, 0.2) is 0 Å². The molecule has 0 radical (unpaired) electrons. The number of sulfonamides is 1. The van der Waals surface area contributed by atoms with Gasteiger partial charge < -0.3 is 4.74 Å². The number of rotatable bonds is 3. The molecule has 6 nitrogen and oxygen atoms in total. The first-order valence-corrected chi connectivity index (χ1v) is 8.16. The normalized spacial score (nSPS) is 14.1. The fourth-order valence-electron chi connectivity index (χ4n) is 2.05. The third-order valence-corrected chi connectivity index (χ3v) is 4.55. The lowest BCUT2D eigenvalue weighted by Crippen LogP contribution is -2.15. The molecule has 0 fully saturated rings. The van der Waals surface area contributed by atoms with Crippen molar-refractivity contribution in [1.82, 2.24) is 9.97 Å². The van der Waals surface area contributed by atoms with Crippen LogP contribution in [0, 0.1) is 0 Å². The average molecular weight is 326 g/mol. The molecule has 0 aliphatic carbocycles. The summed E-state index contributed by atoms with van der Waals surface area (Å²) >= 11 is 5.76. The van der Waals surface area contributed by atoms with Crippen molar-refractivity contribution >= 4 is 27.4 Å². The molecular weight excluding hydrogens is 314 g/mol. The van der Waals surface area contributed by atoms with E-state index in [1.54, 1.807) is 6.07 Å². The highest BCUT2D eigenvalue weighted by Crippen LogP contribution is 2.26. The van der Waals surface area contributed by atoms with E-state index in [9.17, 15) is 8.42 Å². The van der Waals surface area contributed by atoms with Crippen LogP contribution in [0.1, 0.15) is 12.0 Å². The molecule has 0 bridgehead atoms. The molecule has 110 valence electrons. The molecule has 2 aromatic rings. The predicted octanol–water partition coefficient (Wildman–Crippen LogP) is 2.26. The summed E-state index contributed by atoms with van der Waals surface area (Å²) in [7, 11) is -3.76. The molecule has 0 aromatic carbocycles. The monoisotopic (exact) mass is 325 g/mol. The van der Waals surface area contributed by atoms with Gasteiger partial charge in [0.2, 0.25) is 0 Å². The minimum atomic E-state index is -3.76. The van der Waals surface area contributed by atoms with Gasteiger partial charge in [0.05, 0.1) is 17.8 Å². The fourth-order valence-corrected chi connectivity index (χ4v) is 3.27. The van der Waals surface area contributed by atoms with E-state index in [-0.39, 0.29) is 15.7 Å². The van der Waals surface area contributed by atoms with E-state index in [1.807, 2.05) is 0 Å². The number of hydrogen-bond acceptors (Lipinski definition) is 5. The quantitative estimate of drug-likeness (QED) is 0.936. The first-order chi connectivity index (χ1) is 10.0. The Kier molecular flexibility index (Phi) is 3.69. The van der Waals surface area contributed by atoms with Gasteiger partial charge in [-0.15, -0.1) is 0 Å². The molecule has 1 aliphatic rings. The number of aromatic nitrogens is 2. The Morgan fingerprint density at radius 2 is 2.10 bits per heavy atom. The maximum atomic E-state index is 12.2. The highest BCUT2D eigenvalue weighted by atomic mass is 35.5. The van der Waals surface area contributed by atoms with Crippen molar-refractivity contribution in [3.8, 4) is 5.75 Å². The van der Waals surface area contributed by atoms with Crippen molar-refractivity contribution < 1.29 is 13.2 Å². The summed E-state index contributed by atoms with van der Waals surface area (Å²) in [5.41, 5.74) is 0.943. The summed E-state index contributed by atoms with van der Waals surface area (Å²) < 4.78 is 32.3. The second-order valence-corrected chi connectivity index (χ2v) is 6.69. The Bertz CT molecular complexity index is 780. The topological polar surface area (TPSA) is 81.2 Å². The van der Waals surface area contributed by atoms with Crippen LogP contribution < -0.4 is 9.46 Å². The van der Waals surface area contributed by atoms with Crippen LogP contribution in [0.4, 0.5) is 5.82 Å². The number of nitrogens with one attached hydrogen (secondary N) is 1. The van der Waals surface area contributed by atoms with Gasteiger partial charge in [0, 0.05) is 12.4 Å². The van der Waals surface area contributed by atoms with Gasteiger partial charge in [0.25, 0.3) is 10.0 Å². The summed E-state index contributed by atoms with van der Waals surface area (Å²) in [6.07, 6.45) is 5.88. The van der Waals surface area contributed by atoms with E-state index in [4.69, 9.17) is 16.3 Å². The summed E-state index contributed by atoms with van der Waals surface area (Å²) in [5, 5.41) is 0.254. The van der Waals surface area contributed by atoms with Gasteiger partial charge in [-0.3, -0.25) is 9.71 Å². The number of pyridine rings is 2. The zero-order valence-corrected chi connectivity index (χ0v) is 12.5. The number of fused-ring (bicyclic) bond motifs is 1. The lowest BCUT2D eigenvalue weighted by molar-refractivity contribution is 0.287. The van der Waals surface area contributed by atoms with Crippen molar-refractivity contribution in [3.05, 3.63) is 41.3 Å². The van der Waals surface area contributed by atoms with E-state index < -0.39 is 10.0 Å². The second-order valence-electron chi connectivity index (χ2n) is 4.57. The molecule has 3 rings (SSSR count). The summed E-state index contributed by atoms with van der Waals surface area (Å²) in [4.78, 5) is 7.82. The van der Waals surface area contributed by atoms with Gasteiger partial charge in [-0.2, -0.15) is 0 Å². The van der Waals surface area contributed by atoms with Crippen molar-refractivity contribution in [2.45, 2.75) is 17.7 Å². The highest BCUT2D eigenvalue weighted by Gasteiger charge is 2.18. The van der Waals surface area contributed by atoms with Crippen LogP contribution in [0.25, 0.3) is 0 Å². The number of halogens is 1. The maximum Gasteiger partial charge on any atom is 0.264 e. The Labute approximate surface area is 127 Å². The lowest BCUT2D eigenvalue weighted by Gasteiger charge is -2.17. The average Bonchev–Trinajstić information content (AvgIpc) is 2.47. The van der Waals surface area contributed by atoms with E-state index in [2.05, 4.69) is 14.7 Å². The molecule has 0 spiro atoms. The molecule has 3 heterocycles. The van der Waals surface area contributed by atoms with Crippen LogP contribution >= 0.6 is 11.6 Å². The van der Waals surface area contributed by atoms with Crippen molar-refractivity contribution in [2.75, 3.05) is 11.3 Å². The minimum absolute atomic E-state index is 0.00855. The summed E-state index contributed by atoms with van der Waals surface area (Å²) in [5.74, 6) is 0.952. The van der Waals surface area contributed by atoms with Crippen molar-refractivity contribution in [3.63, 3.8) is 0 Å². The van der Waals surface area contributed by atoms with Gasteiger partial charge in [-0.1, -0.05) is 11.6 Å². The molecule has 8 heteroatoms. The zero-order valence-electron chi connectivity index (χ0n) is 10.9. The van der Waals surface area contributed by atoms with Crippen LogP contribution in [0.5, 0.6) is 5.75 Å². The largest absolute Gasteiger partial charge is 0.492 e. The van der Waals surface area contributed by atoms with Crippen LogP contribution in [-0.4, -0.2) is 25.0 Å². The van der Waals surface area contributed by atoms with E-state index in [0.29, 0.717) is 12.4 Å². The van der Waals surface area contributed by atoms with E-state index in [1.165, 1.54) is 24.7 Å².